The Morgan fingerprint density at radius 3 is 2.59 bits per heavy atom. The van der Waals surface area contributed by atoms with Crippen LogP contribution < -0.4 is 9.30 Å². The highest BCUT2D eigenvalue weighted by atomic mass is 16.5. The molecule has 0 amide bonds. The van der Waals surface area contributed by atoms with Gasteiger partial charge in [-0.1, -0.05) is 24.3 Å². The summed E-state index contributed by atoms with van der Waals surface area (Å²) < 4.78 is 8.52. The van der Waals surface area contributed by atoms with E-state index in [1.54, 1.807) is 0 Å². The van der Waals surface area contributed by atoms with E-state index < -0.39 is 0 Å². The first-order chi connectivity index (χ1) is 13.1. The Kier molecular flexibility index (Phi) is 3.23. The quantitative estimate of drug-likeness (QED) is 0.412. The number of nitriles is 1. The maximum absolute atomic E-state index is 9.11. The van der Waals surface area contributed by atoms with Gasteiger partial charge in [-0.2, -0.15) is 5.26 Å². The maximum Gasteiger partial charge on any atom is 0.287 e. The average molecular weight is 352 g/mol. The van der Waals surface area contributed by atoms with E-state index in [1.807, 2.05) is 25.5 Å². The fourth-order valence-corrected chi connectivity index (χ4v) is 4.23. The predicted octanol–water partition coefficient (Wildman–Crippen LogP) is 4.67. The molecule has 1 aromatic heterocycles. The minimum Gasteiger partial charge on any atom is -0.455 e. The number of aryl methyl sites for hydroxylation is 3. The maximum atomic E-state index is 9.11. The van der Waals surface area contributed by atoms with Gasteiger partial charge in [-0.05, 0) is 52.9 Å². The third-order valence-electron chi connectivity index (χ3n) is 5.51. The van der Waals surface area contributed by atoms with Crippen molar-refractivity contribution in [2.75, 3.05) is 0 Å². The monoisotopic (exact) mass is 352 g/mol. The Bertz CT molecular complexity index is 1320. The highest BCUT2D eigenvalue weighted by molar-refractivity contribution is 6.05. The highest BCUT2D eigenvalue weighted by Gasteiger charge is 2.31. The summed E-state index contributed by atoms with van der Waals surface area (Å²) in [5.74, 6) is 1.68. The first kappa shape index (κ1) is 15.8. The van der Waals surface area contributed by atoms with Crippen molar-refractivity contribution in [3.63, 3.8) is 0 Å². The second kappa shape index (κ2) is 5.52. The Morgan fingerprint density at radius 1 is 1.11 bits per heavy atom. The SMILES string of the molecule is Cc1c2c(c(C)c3ccccc13)-c1c3c(cc(CC#N)cc3nc[n+]1C)O2. The predicted molar refractivity (Wildman–Crippen MR) is 105 cm³/mol. The lowest BCUT2D eigenvalue weighted by atomic mass is 9.89. The minimum atomic E-state index is 0.340. The number of nitrogens with zero attached hydrogens (tertiary/aromatic N) is 3. The van der Waals surface area contributed by atoms with Crippen molar-refractivity contribution in [3.8, 4) is 28.8 Å². The van der Waals surface area contributed by atoms with Gasteiger partial charge in [-0.25, -0.2) is 4.57 Å². The van der Waals surface area contributed by atoms with Crippen LogP contribution in [0.2, 0.25) is 0 Å². The van der Waals surface area contributed by atoms with Gasteiger partial charge in [0.15, 0.2) is 11.2 Å². The van der Waals surface area contributed by atoms with Crippen LogP contribution in [0, 0.1) is 25.2 Å². The molecule has 3 aromatic carbocycles. The molecule has 27 heavy (non-hydrogen) atoms. The van der Waals surface area contributed by atoms with Crippen molar-refractivity contribution >= 4 is 21.7 Å². The van der Waals surface area contributed by atoms with Crippen molar-refractivity contribution in [3.05, 3.63) is 59.4 Å². The summed E-state index contributed by atoms with van der Waals surface area (Å²) in [5, 5.41) is 12.6. The van der Waals surface area contributed by atoms with Crippen LogP contribution in [-0.2, 0) is 13.5 Å². The van der Waals surface area contributed by atoms with Gasteiger partial charge >= 0.3 is 0 Å². The van der Waals surface area contributed by atoms with Gasteiger partial charge in [-0.15, -0.1) is 0 Å². The van der Waals surface area contributed by atoms with Gasteiger partial charge in [-0.3, -0.25) is 0 Å². The normalized spacial score (nSPS) is 11.9. The summed E-state index contributed by atoms with van der Waals surface area (Å²) in [4.78, 5) is 4.59. The van der Waals surface area contributed by atoms with Crippen molar-refractivity contribution in [1.82, 2.24) is 4.98 Å². The number of ether oxygens (including phenoxy) is 1. The molecule has 1 aliphatic rings. The second-order valence-corrected chi connectivity index (χ2v) is 7.13. The fourth-order valence-electron chi connectivity index (χ4n) is 4.23. The summed E-state index contributed by atoms with van der Waals surface area (Å²) in [7, 11) is 2.02. The molecular weight excluding hydrogens is 334 g/mol. The zero-order valence-corrected chi connectivity index (χ0v) is 15.5. The van der Waals surface area contributed by atoms with Gasteiger partial charge in [0.05, 0.1) is 25.1 Å². The molecule has 5 rings (SSSR count). The lowest BCUT2D eigenvalue weighted by Gasteiger charge is -2.24. The molecule has 0 aliphatic carbocycles. The van der Waals surface area contributed by atoms with Crippen LogP contribution in [-0.4, -0.2) is 4.98 Å². The first-order valence-electron chi connectivity index (χ1n) is 8.98. The molecule has 0 saturated carbocycles. The van der Waals surface area contributed by atoms with Crippen molar-refractivity contribution < 1.29 is 9.30 Å². The highest BCUT2D eigenvalue weighted by Crippen LogP contribution is 2.50. The minimum absolute atomic E-state index is 0.340. The molecule has 4 heteroatoms. The molecule has 4 nitrogen and oxygen atoms in total. The molecule has 130 valence electrons. The van der Waals surface area contributed by atoms with Crippen LogP contribution in [0.5, 0.6) is 11.5 Å². The van der Waals surface area contributed by atoms with E-state index in [2.05, 4.69) is 53.7 Å². The number of hydrogen-bond donors (Lipinski definition) is 0. The molecule has 0 N–H and O–H groups in total. The zero-order chi connectivity index (χ0) is 18.7. The smallest absolute Gasteiger partial charge is 0.287 e. The number of hydrogen-bond acceptors (Lipinski definition) is 3. The average Bonchev–Trinajstić information content (AvgIpc) is 2.68. The molecule has 0 radical (unpaired) electrons. The molecule has 0 unspecified atom stereocenters. The molecular formula is C23H18N3O+. The van der Waals surface area contributed by atoms with Gasteiger partial charge < -0.3 is 4.74 Å². The third kappa shape index (κ3) is 2.09. The number of benzene rings is 3. The van der Waals surface area contributed by atoms with Crippen LogP contribution in [0.25, 0.3) is 32.9 Å². The van der Waals surface area contributed by atoms with Crippen molar-refractivity contribution in [2.45, 2.75) is 20.3 Å². The van der Waals surface area contributed by atoms with E-state index in [4.69, 9.17) is 10.00 Å². The fraction of sp³-hybridized carbons (Fsp3) is 0.174. The van der Waals surface area contributed by atoms with Crippen LogP contribution in [0.1, 0.15) is 16.7 Å². The lowest BCUT2D eigenvalue weighted by Crippen LogP contribution is -2.33. The molecule has 2 heterocycles. The number of fused-ring (bicyclic) bond motifs is 3. The standard InChI is InChI=1S/C23H18N3O/c1-13-16-6-4-5-7-17(16)14(2)23-20(13)22-21-18(25-12-26(22)3)10-15(8-9-24)11-19(21)27-23/h4-7,10-12H,8H2,1-3H3/q+1. The lowest BCUT2D eigenvalue weighted by molar-refractivity contribution is -0.662. The molecule has 1 aliphatic heterocycles. The molecule has 0 spiro atoms. The second-order valence-electron chi connectivity index (χ2n) is 7.13. The summed E-state index contributed by atoms with van der Waals surface area (Å²) in [6.45, 7) is 4.27. The first-order valence-corrected chi connectivity index (χ1v) is 8.98. The molecule has 0 atom stereocenters. The Balaban J connectivity index is 1.97. The van der Waals surface area contributed by atoms with Crippen LogP contribution >= 0.6 is 0 Å². The van der Waals surface area contributed by atoms with E-state index in [9.17, 15) is 0 Å². The van der Waals surface area contributed by atoms with E-state index in [0.717, 1.165) is 44.8 Å². The Morgan fingerprint density at radius 2 is 1.85 bits per heavy atom. The third-order valence-corrected chi connectivity index (χ3v) is 5.51. The van der Waals surface area contributed by atoms with E-state index in [-0.39, 0.29) is 0 Å². The Hall–Kier alpha value is -3.45. The van der Waals surface area contributed by atoms with E-state index in [0.29, 0.717) is 6.42 Å². The van der Waals surface area contributed by atoms with Crippen LogP contribution in [0.15, 0.2) is 42.7 Å². The molecule has 0 fully saturated rings. The zero-order valence-electron chi connectivity index (χ0n) is 15.5. The van der Waals surface area contributed by atoms with E-state index >= 15 is 0 Å². The van der Waals surface area contributed by atoms with Crippen LogP contribution in [0.4, 0.5) is 0 Å². The Labute approximate surface area is 157 Å². The van der Waals surface area contributed by atoms with Gasteiger partial charge in [0.1, 0.15) is 16.9 Å². The van der Waals surface area contributed by atoms with Gasteiger partial charge in [0, 0.05) is 5.56 Å². The van der Waals surface area contributed by atoms with Crippen LogP contribution in [0.3, 0.4) is 0 Å². The summed E-state index contributed by atoms with van der Waals surface area (Å²) in [6, 6.07) is 14.6. The largest absolute Gasteiger partial charge is 0.455 e. The van der Waals surface area contributed by atoms with E-state index in [1.165, 1.54) is 16.3 Å². The number of aromatic nitrogens is 2. The van der Waals surface area contributed by atoms with Gasteiger partial charge in [0.2, 0.25) is 0 Å². The van der Waals surface area contributed by atoms with Crippen molar-refractivity contribution in [2.24, 2.45) is 7.05 Å². The molecule has 0 saturated heterocycles. The molecule has 0 bridgehead atoms. The van der Waals surface area contributed by atoms with Crippen molar-refractivity contribution in [1.29, 1.82) is 5.26 Å². The number of rotatable bonds is 1. The molecule has 4 aromatic rings. The summed E-state index contributed by atoms with van der Waals surface area (Å²) in [5.41, 5.74) is 6.37. The summed E-state index contributed by atoms with van der Waals surface area (Å²) in [6.07, 6.45) is 2.18. The topological polar surface area (TPSA) is 49.8 Å². The van der Waals surface area contributed by atoms with Gasteiger partial charge in [0.25, 0.3) is 6.33 Å². The summed E-state index contributed by atoms with van der Waals surface area (Å²) >= 11 is 0.